The molecular formula is C10H13N. The molecule has 0 bridgehead atoms. The van der Waals surface area contributed by atoms with Gasteiger partial charge < -0.3 is 5.32 Å². The lowest BCUT2D eigenvalue weighted by Gasteiger charge is -1.99. The first-order valence-electron chi connectivity index (χ1n) is 3.73. The molecule has 1 aliphatic heterocycles. The van der Waals surface area contributed by atoms with Crippen molar-refractivity contribution < 1.29 is 0 Å². The fourth-order valence-corrected chi connectivity index (χ4v) is 0.823. The van der Waals surface area contributed by atoms with E-state index in [1.807, 2.05) is 31.4 Å². The summed E-state index contributed by atoms with van der Waals surface area (Å²) in [5, 5.41) is 3.16. The molecular weight excluding hydrogens is 134 g/mol. The summed E-state index contributed by atoms with van der Waals surface area (Å²) in [6.45, 7) is 6.84. The first-order chi connectivity index (χ1) is 5.30. The lowest BCUT2D eigenvalue weighted by Crippen LogP contribution is -2.04. The van der Waals surface area contributed by atoms with Gasteiger partial charge in [0.05, 0.1) is 0 Å². The van der Waals surface area contributed by atoms with Crippen molar-refractivity contribution in [3.8, 4) is 0 Å². The van der Waals surface area contributed by atoms with Crippen molar-refractivity contribution in [3.05, 3.63) is 48.2 Å². The summed E-state index contributed by atoms with van der Waals surface area (Å²) in [5.41, 5.74) is 2.24. The third-order valence-corrected chi connectivity index (χ3v) is 1.61. The predicted molar refractivity (Wildman–Crippen MR) is 49.2 cm³/mol. The van der Waals surface area contributed by atoms with E-state index < -0.39 is 0 Å². The minimum atomic E-state index is 0.884. The van der Waals surface area contributed by atoms with Gasteiger partial charge in [-0.15, -0.1) is 0 Å². The number of allylic oxidation sites excluding steroid dienone is 5. The summed E-state index contributed by atoms with van der Waals surface area (Å²) >= 11 is 0. The van der Waals surface area contributed by atoms with Crippen LogP contribution < -0.4 is 5.32 Å². The van der Waals surface area contributed by atoms with Gasteiger partial charge >= 0.3 is 0 Å². The second-order valence-corrected chi connectivity index (χ2v) is 2.55. The molecule has 0 radical (unpaired) electrons. The van der Waals surface area contributed by atoms with E-state index in [0.29, 0.717) is 0 Å². The normalized spacial score (nSPS) is 23.7. The van der Waals surface area contributed by atoms with Crippen LogP contribution in [0.3, 0.4) is 0 Å². The molecule has 0 fully saturated rings. The van der Waals surface area contributed by atoms with E-state index in [9.17, 15) is 0 Å². The maximum Gasteiger partial charge on any atom is 0.0328 e. The van der Waals surface area contributed by atoms with E-state index in [2.05, 4.69) is 18.0 Å². The van der Waals surface area contributed by atoms with Gasteiger partial charge in [-0.1, -0.05) is 30.9 Å². The Morgan fingerprint density at radius 2 is 2.27 bits per heavy atom. The Hall–Kier alpha value is -1.24. The van der Waals surface area contributed by atoms with Gasteiger partial charge in [0.25, 0.3) is 0 Å². The fraction of sp³-hybridized carbons (Fsp3) is 0.200. The molecule has 11 heavy (non-hydrogen) atoms. The Bertz CT molecular complexity index is 231. The monoisotopic (exact) mass is 147 g/mol. The van der Waals surface area contributed by atoms with E-state index in [-0.39, 0.29) is 0 Å². The van der Waals surface area contributed by atoms with E-state index in [1.54, 1.807) is 0 Å². The van der Waals surface area contributed by atoms with E-state index in [4.69, 9.17) is 0 Å². The van der Waals surface area contributed by atoms with Crippen LogP contribution in [-0.2, 0) is 0 Å². The average Bonchev–Trinajstić information content (AvgIpc) is 2.07. The van der Waals surface area contributed by atoms with Crippen LogP contribution in [-0.4, -0.2) is 6.54 Å². The molecule has 0 amide bonds. The predicted octanol–water partition coefficient (Wildman–Crippen LogP) is 2.16. The Balaban J connectivity index is 2.77. The second kappa shape index (κ2) is 3.81. The Labute approximate surface area is 67.8 Å². The molecule has 1 aliphatic rings. The highest BCUT2D eigenvalue weighted by Crippen LogP contribution is 2.07. The highest BCUT2D eigenvalue weighted by atomic mass is 14.8. The summed E-state index contributed by atoms with van der Waals surface area (Å²) in [7, 11) is 0. The van der Waals surface area contributed by atoms with Crippen molar-refractivity contribution >= 4 is 0 Å². The molecule has 0 saturated heterocycles. The maximum absolute atomic E-state index is 3.91. The summed E-state index contributed by atoms with van der Waals surface area (Å²) in [6, 6.07) is 0. The van der Waals surface area contributed by atoms with Gasteiger partial charge in [-0.2, -0.15) is 0 Å². The molecule has 1 heterocycles. The molecule has 1 heteroatoms. The van der Waals surface area contributed by atoms with Crippen molar-refractivity contribution in [2.75, 3.05) is 6.54 Å². The third kappa shape index (κ3) is 2.46. The quantitative estimate of drug-likeness (QED) is 0.553. The molecule has 1 N–H and O–H groups in total. The molecule has 0 aliphatic carbocycles. The second-order valence-electron chi connectivity index (χ2n) is 2.55. The zero-order valence-corrected chi connectivity index (χ0v) is 6.80. The van der Waals surface area contributed by atoms with Crippen LogP contribution in [0, 0.1) is 0 Å². The van der Waals surface area contributed by atoms with Gasteiger partial charge in [0.15, 0.2) is 0 Å². The molecule has 0 saturated carbocycles. The largest absolute Gasteiger partial charge is 0.387 e. The Morgan fingerprint density at radius 3 is 3.09 bits per heavy atom. The number of rotatable bonds is 0. The zero-order valence-electron chi connectivity index (χ0n) is 6.80. The fourth-order valence-electron chi connectivity index (χ4n) is 0.823. The smallest absolute Gasteiger partial charge is 0.0328 e. The van der Waals surface area contributed by atoms with Crippen molar-refractivity contribution in [2.45, 2.75) is 6.92 Å². The van der Waals surface area contributed by atoms with Crippen LogP contribution >= 0.6 is 0 Å². The molecule has 1 rings (SSSR count). The van der Waals surface area contributed by atoms with E-state index >= 15 is 0 Å². The summed E-state index contributed by atoms with van der Waals surface area (Å²) in [5.74, 6) is 0. The molecule has 0 aromatic rings. The minimum Gasteiger partial charge on any atom is -0.387 e. The van der Waals surface area contributed by atoms with E-state index in [0.717, 1.165) is 12.1 Å². The number of hydrogen-bond acceptors (Lipinski definition) is 1. The van der Waals surface area contributed by atoms with Gasteiger partial charge in [0.1, 0.15) is 0 Å². The maximum atomic E-state index is 3.91. The topological polar surface area (TPSA) is 12.0 Å². The standard InChI is InChI=1S/C10H13N/c1-9-6-4-3-5-7-11-8-10(9)2/h3-6,8,11H,1,7H2,2H3/b5-3-,6-4-,10-8?. The van der Waals surface area contributed by atoms with Gasteiger partial charge in [-0.3, -0.25) is 0 Å². The van der Waals surface area contributed by atoms with Crippen LogP contribution in [0.2, 0.25) is 0 Å². The van der Waals surface area contributed by atoms with Crippen LogP contribution in [0.1, 0.15) is 6.92 Å². The zero-order chi connectivity index (χ0) is 8.10. The van der Waals surface area contributed by atoms with Crippen LogP contribution in [0.15, 0.2) is 48.2 Å². The van der Waals surface area contributed by atoms with Crippen molar-refractivity contribution in [2.24, 2.45) is 0 Å². The van der Waals surface area contributed by atoms with Gasteiger partial charge in [-0.25, -0.2) is 0 Å². The Kier molecular flexibility index (Phi) is 2.73. The highest BCUT2D eigenvalue weighted by molar-refractivity contribution is 5.37. The molecule has 0 aromatic carbocycles. The van der Waals surface area contributed by atoms with Gasteiger partial charge in [0.2, 0.25) is 0 Å². The van der Waals surface area contributed by atoms with Crippen LogP contribution in [0.4, 0.5) is 0 Å². The van der Waals surface area contributed by atoms with E-state index in [1.165, 1.54) is 5.57 Å². The molecule has 58 valence electrons. The summed E-state index contributed by atoms with van der Waals surface area (Å²) in [6.07, 6.45) is 10.1. The average molecular weight is 147 g/mol. The molecule has 0 atom stereocenters. The molecule has 0 unspecified atom stereocenters. The van der Waals surface area contributed by atoms with Gasteiger partial charge in [-0.05, 0) is 18.1 Å². The summed E-state index contributed by atoms with van der Waals surface area (Å²) in [4.78, 5) is 0. The van der Waals surface area contributed by atoms with Crippen molar-refractivity contribution in [3.63, 3.8) is 0 Å². The highest BCUT2D eigenvalue weighted by Gasteiger charge is 1.91. The lowest BCUT2D eigenvalue weighted by molar-refractivity contribution is 0.974. The van der Waals surface area contributed by atoms with Crippen LogP contribution in [0.5, 0.6) is 0 Å². The van der Waals surface area contributed by atoms with Crippen molar-refractivity contribution in [1.29, 1.82) is 0 Å². The summed E-state index contributed by atoms with van der Waals surface area (Å²) < 4.78 is 0. The first kappa shape index (κ1) is 7.86. The molecule has 1 nitrogen and oxygen atoms in total. The van der Waals surface area contributed by atoms with Crippen molar-refractivity contribution in [1.82, 2.24) is 5.32 Å². The molecule has 0 spiro atoms. The minimum absolute atomic E-state index is 0.884. The number of nitrogens with one attached hydrogen (secondary N) is 1. The number of hydrogen-bond donors (Lipinski definition) is 1. The Morgan fingerprint density at radius 1 is 1.45 bits per heavy atom. The van der Waals surface area contributed by atoms with Crippen LogP contribution in [0.25, 0.3) is 0 Å². The molecule has 0 aromatic heterocycles. The first-order valence-corrected chi connectivity index (χ1v) is 3.73. The lowest BCUT2D eigenvalue weighted by atomic mass is 10.1. The third-order valence-electron chi connectivity index (χ3n) is 1.61. The van der Waals surface area contributed by atoms with Gasteiger partial charge in [0, 0.05) is 12.7 Å². The SMILES string of the molecule is C=C1/C=C\C=C/CNC=C1C.